The average Bonchev–Trinajstić information content (AvgIpc) is 2.64. The van der Waals surface area contributed by atoms with Gasteiger partial charge < -0.3 is 9.47 Å². The number of rotatable bonds is 3. The minimum absolute atomic E-state index is 0.764. The zero-order valence-corrected chi connectivity index (χ0v) is 9.88. The van der Waals surface area contributed by atoms with Crippen LogP contribution in [0.1, 0.15) is 11.5 Å². The molecule has 0 bridgehead atoms. The maximum Gasteiger partial charge on any atom is 0.128 e. The van der Waals surface area contributed by atoms with Gasteiger partial charge in [-0.3, -0.25) is 0 Å². The molecule has 0 aliphatic carbocycles. The number of nitrogens with zero attached hydrogens (tertiary/aromatic N) is 4. The van der Waals surface area contributed by atoms with Crippen molar-refractivity contribution < 1.29 is 0 Å². The fourth-order valence-electron chi connectivity index (χ4n) is 1.58. The average molecular weight is 216 g/mol. The van der Waals surface area contributed by atoms with Gasteiger partial charge in [0.1, 0.15) is 11.6 Å². The summed E-state index contributed by atoms with van der Waals surface area (Å²) < 4.78 is 2.02. The van der Waals surface area contributed by atoms with Gasteiger partial charge >= 0.3 is 0 Å². The summed E-state index contributed by atoms with van der Waals surface area (Å²) in [7, 11) is 4.02. The van der Waals surface area contributed by atoms with Gasteiger partial charge in [0.05, 0.1) is 6.54 Å². The Hall–Kier alpha value is -1.84. The number of hydrogen-bond acceptors (Lipinski definition) is 3. The highest BCUT2D eigenvalue weighted by atomic mass is 15.2. The van der Waals surface area contributed by atoms with Gasteiger partial charge in [0.2, 0.25) is 0 Å². The van der Waals surface area contributed by atoms with E-state index in [1.165, 1.54) is 0 Å². The van der Waals surface area contributed by atoms with Crippen molar-refractivity contribution in [3.63, 3.8) is 0 Å². The van der Waals surface area contributed by atoms with Crippen molar-refractivity contribution in [2.24, 2.45) is 7.05 Å². The lowest BCUT2D eigenvalue weighted by Gasteiger charge is -2.17. The minimum atomic E-state index is 0.764. The van der Waals surface area contributed by atoms with E-state index in [4.69, 9.17) is 0 Å². The van der Waals surface area contributed by atoms with Crippen molar-refractivity contribution >= 4 is 5.82 Å². The summed E-state index contributed by atoms with van der Waals surface area (Å²) in [6, 6.07) is 6.03. The van der Waals surface area contributed by atoms with Gasteiger partial charge in [0, 0.05) is 32.2 Å². The largest absolute Gasteiger partial charge is 0.352 e. The van der Waals surface area contributed by atoms with Crippen molar-refractivity contribution in [2.45, 2.75) is 13.5 Å². The Morgan fingerprint density at radius 3 is 2.81 bits per heavy atom. The fourth-order valence-corrected chi connectivity index (χ4v) is 1.58. The molecule has 0 aliphatic heterocycles. The summed E-state index contributed by atoms with van der Waals surface area (Å²) in [5.74, 6) is 2.01. The number of aromatic nitrogens is 3. The van der Waals surface area contributed by atoms with E-state index in [1.54, 1.807) is 0 Å². The Morgan fingerprint density at radius 2 is 2.19 bits per heavy atom. The number of imidazole rings is 1. The Labute approximate surface area is 95.6 Å². The molecule has 0 spiro atoms. The maximum atomic E-state index is 4.47. The van der Waals surface area contributed by atoms with Gasteiger partial charge in [-0.25, -0.2) is 9.97 Å². The van der Waals surface area contributed by atoms with Crippen LogP contribution in [-0.2, 0) is 13.6 Å². The van der Waals surface area contributed by atoms with Crippen LogP contribution in [0.15, 0.2) is 30.6 Å². The van der Waals surface area contributed by atoms with Gasteiger partial charge in [-0.1, -0.05) is 6.07 Å². The molecular formula is C12H16N4. The Morgan fingerprint density at radius 1 is 1.38 bits per heavy atom. The number of pyridine rings is 1. The van der Waals surface area contributed by atoms with Crippen molar-refractivity contribution in [1.82, 2.24) is 14.5 Å². The van der Waals surface area contributed by atoms with Crippen molar-refractivity contribution in [3.8, 4) is 0 Å². The summed E-state index contributed by atoms with van der Waals surface area (Å²) in [4.78, 5) is 10.9. The van der Waals surface area contributed by atoms with E-state index in [0.29, 0.717) is 0 Å². The summed E-state index contributed by atoms with van der Waals surface area (Å²) in [5, 5.41) is 0. The zero-order valence-electron chi connectivity index (χ0n) is 9.88. The molecule has 4 heteroatoms. The lowest BCUT2D eigenvalue weighted by Crippen LogP contribution is -2.20. The Bertz CT molecular complexity index is 475. The Balaban J connectivity index is 2.14. The molecule has 2 aromatic heterocycles. The summed E-state index contributed by atoms with van der Waals surface area (Å²) in [6.45, 7) is 2.76. The molecule has 0 unspecified atom stereocenters. The highest BCUT2D eigenvalue weighted by Gasteiger charge is 2.06. The van der Waals surface area contributed by atoms with Crippen molar-refractivity contribution in [2.75, 3.05) is 11.9 Å². The van der Waals surface area contributed by atoms with E-state index in [9.17, 15) is 0 Å². The molecule has 2 aromatic rings. The van der Waals surface area contributed by atoms with Crippen LogP contribution in [0.4, 0.5) is 5.82 Å². The monoisotopic (exact) mass is 216 g/mol. The van der Waals surface area contributed by atoms with Gasteiger partial charge in [-0.05, 0) is 19.1 Å². The molecule has 2 rings (SSSR count). The molecule has 4 nitrogen and oxygen atoms in total. The van der Waals surface area contributed by atoms with Crippen LogP contribution in [0, 0.1) is 6.92 Å². The number of anilines is 1. The standard InChI is InChI=1S/C12H16N4/c1-10-5-4-6-11(14-10)16(3)9-12-13-7-8-15(12)2/h4-8H,9H2,1-3H3. The van der Waals surface area contributed by atoms with Gasteiger partial charge in [0.15, 0.2) is 0 Å². The van der Waals surface area contributed by atoms with Crippen LogP contribution in [0.3, 0.4) is 0 Å². The molecule has 0 atom stereocenters. The first-order valence-corrected chi connectivity index (χ1v) is 5.28. The van der Waals surface area contributed by atoms with Gasteiger partial charge in [0.25, 0.3) is 0 Å². The quantitative estimate of drug-likeness (QED) is 0.784. The summed E-state index contributed by atoms with van der Waals surface area (Å²) in [6.07, 6.45) is 3.76. The van der Waals surface area contributed by atoms with E-state index in [1.807, 2.05) is 56.2 Å². The lowest BCUT2D eigenvalue weighted by atomic mass is 10.3. The topological polar surface area (TPSA) is 34.0 Å². The third-order valence-corrected chi connectivity index (χ3v) is 2.56. The highest BCUT2D eigenvalue weighted by molar-refractivity contribution is 5.38. The highest BCUT2D eigenvalue weighted by Crippen LogP contribution is 2.11. The van der Waals surface area contributed by atoms with E-state index in [0.717, 1.165) is 23.9 Å². The second-order valence-electron chi connectivity index (χ2n) is 3.95. The molecule has 16 heavy (non-hydrogen) atoms. The smallest absolute Gasteiger partial charge is 0.128 e. The van der Waals surface area contributed by atoms with E-state index in [2.05, 4.69) is 14.9 Å². The normalized spacial score (nSPS) is 10.4. The summed E-state index contributed by atoms with van der Waals surface area (Å²) >= 11 is 0. The first kappa shape index (κ1) is 10.7. The second-order valence-corrected chi connectivity index (χ2v) is 3.95. The molecule has 84 valence electrons. The molecule has 0 amide bonds. The molecule has 0 saturated heterocycles. The van der Waals surface area contributed by atoms with Crippen LogP contribution >= 0.6 is 0 Å². The van der Waals surface area contributed by atoms with Crippen molar-refractivity contribution in [3.05, 3.63) is 42.1 Å². The Kier molecular flexibility index (Phi) is 2.90. The van der Waals surface area contributed by atoms with E-state index in [-0.39, 0.29) is 0 Å². The van der Waals surface area contributed by atoms with Crippen LogP contribution < -0.4 is 4.90 Å². The first-order chi connectivity index (χ1) is 7.66. The zero-order chi connectivity index (χ0) is 11.5. The number of aryl methyl sites for hydroxylation is 2. The van der Waals surface area contributed by atoms with Crippen molar-refractivity contribution in [1.29, 1.82) is 0 Å². The fraction of sp³-hybridized carbons (Fsp3) is 0.333. The third-order valence-electron chi connectivity index (χ3n) is 2.56. The van der Waals surface area contributed by atoms with Gasteiger partial charge in [-0.15, -0.1) is 0 Å². The van der Waals surface area contributed by atoms with Crippen LogP contribution in [0.2, 0.25) is 0 Å². The SMILES string of the molecule is Cc1cccc(N(C)Cc2nccn2C)n1. The van der Waals surface area contributed by atoms with Gasteiger partial charge in [-0.2, -0.15) is 0 Å². The van der Waals surface area contributed by atoms with Crippen LogP contribution in [0.25, 0.3) is 0 Å². The molecule has 0 saturated carbocycles. The molecule has 0 aliphatic rings. The molecule has 0 radical (unpaired) electrons. The predicted octanol–water partition coefficient (Wildman–Crippen LogP) is 1.76. The number of hydrogen-bond donors (Lipinski definition) is 0. The lowest BCUT2D eigenvalue weighted by molar-refractivity contribution is 0.754. The molecule has 0 fully saturated rings. The third kappa shape index (κ3) is 2.21. The molecule has 2 heterocycles. The predicted molar refractivity (Wildman–Crippen MR) is 64.3 cm³/mol. The first-order valence-electron chi connectivity index (χ1n) is 5.28. The maximum absolute atomic E-state index is 4.47. The minimum Gasteiger partial charge on any atom is -0.352 e. The molecule has 0 aromatic carbocycles. The summed E-state index contributed by atoms with van der Waals surface area (Å²) in [5.41, 5.74) is 1.03. The van der Waals surface area contributed by atoms with Crippen LogP contribution in [-0.4, -0.2) is 21.6 Å². The molecule has 0 N–H and O–H groups in total. The van der Waals surface area contributed by atoms with E-state index < -0.39 is 0 Å². The molecular weight excluding hydrogens is 200 g/mol. The second kappa shape index (κ2) is 4.35. The van der Waals surface area contributed by atoms with Crippen LogP contribution in [0.5, 0.6) is 0 Å². The van der Waals surface area contributed by atoms with E-state index >= 15 is 0 Å².